The van der Waals surface area contributed by atoms with Crippen molar-refractivity contribution in [2.24, 2.45) is 5.73 Å². The Morgan fingerprint density at radius 2 is 1.77 bits per heavy atom. The van der Waals surface area contributed by atoms with Gasteiger partial charge in [-0.1, -0.05) is 0 Å². The Morgan fingerprint density at radius 3 is 2.39 bits per heavy atom. The molecule has 0 spiro atoms. The zero-order valence-electron chi connectivity index (χ0n) is 17.3. The molecule has 31 heavy (non-hydrogen) atoms. The summed E-state index contributed by atoms with van der Waals surface area (Å²) < 4.78 is 16.7. The molecule has 164 valence electrons. The summed E-state index contributed by atoms with van der Waals surface area (Å²) in [6.07, 6.45) is -0.153. The molecule has 0 bridgehead atoms. The molecule has 1 aliphatic heterocycles. The molecule has 0 radical (unpaired) electrons. The SMILES string of the molecule is CC(C)Oc1cc(C(=O)NC(N)=S)cc(Oc2ccc(C(=O)N3CCOCC3)cc2)n1. The molecule has 2 aromatic rings. The average Bonchev–Trinajstić information content (AvgIpc) is 2.73. The van der Waals surface area contributed by atoms with Gasteiger partial charge in [0.05, 0.1) is 24.9 Å². The molecule has 3 N–H and O–H groups in total. The maximum Gasteiger partial charge on any atom is 0.257 e. The number of benzene rings is 1. The fraction of sp³-hybridized carbons (Fsp3) is 0.333. The standard InChI is InChI=1S/C21H24N4O5S/c1-13(2)29-17-11-15(19(26)24-21(22)31)12-18(23-17)30-16-5-3-14(4-6-16)20(27)25-7-9-28-10-8-25/h3-6,11-13H,7-10H2,1-2H3,(H3,22,24,26,31). The van der Waals surface area contributed by atoms with Crippen molar-refractivity contribution in [3.8, 4) is 17.5 Å². The Labute approximate surface area is 185 Å². The van der Waals surface area contributed by atoms with Gasteiger partial charge < -0.3 is 24.8 Å². The first-order valence-corrected chi connectivity index (χ1v) is 10.2. The van der Waals surface area contributed by atoms with Crippen molar-refractivity contribution in [3.63, 3.8) is 0 Å². The number of pyridine rings is 1. The minimum absolute atomic E-state index is 0.0583. The van der Waals surface area contributed by atoms with E-state index in [1.54, 1.807) is 29.2 Å². The first-order valence-electron chi connectivity index (χ1n) is 9.76. The molecule has 1 aromatic heterocycles. The molecule has 1 fully saturated rings. The maximum atomic E-state index is 12.6. The van der Waals surface area contributed by atoms with E-state index in [9.17, 15) is 9.59 Å². The summed E-state index contributed by atoms with van der Waals surface area (Å²) in [7, 11) is 0. The summed E-state index contributed by atoms with van der Waals surface area (Å²) in [5, 5.41) is 2.22. The quantitative estimate of drug-likeness (QED) is 0.651. The number of aromatic nitrogens is 1. The fourth-order valence-corrected chi connectivity index (χ4v) is 2.98. The van der Waals surface area contributed by atoms with Crippen LogP contribution in [0.3, 0.4) is 0 Å². The van der Waals surface area contributed by atoms with Gasteiger partial charge in [-0.25, -0.2) is 0 Å². The maximum absolute atomic E-state index is 12.6. The number of hydrogen-bond acceptors (Lipinski definition) is 7. The van der Waals surface area contributed by atoms with Crippen molar-refractivity contribution in [1.82, 2.24) is 15.2 Å². The van der Waals surface area contributed by atoms with Crippen LogP contribution >= 0.6 is 12.2 Å². The van der Waals surface area contributed by atoms with Crippen LogP contribution in [0.15, 0.2) is 36.4 Å². The predicted octanol–water partition coefficient (Wildman–Crippen LogP) is 2.11. The molecular formula is C21H24N4O5S. The van der Waals surface area contributed by atoms with Crippen LogP contribution in [0.2, 0.25) is 0 Å². The summed E-state index contributed by atoms with van der Waals surface area (Å²) >= 11 is 4.72. The first-order chi connectivity index (χ1) is 14.8. The topological polar surface area (TPSA) is 116 Å². The molecule has 1 aliphatic rings. The van der Waals surface area contributed by atoms with Gasteiger partial charge in [0.25, 0.3) is 11.8 Å². The number of morpholine rings is 1. The van der Waals surface area contributed by atoms with E-state index in [4.69, 9.17) is 32.2 Å². The number of nitrogens with one attached hydrogen (secondary N) is 1. The Morgan fingerprint density at radius 1 is 1.13 bits per heavy atom. The summed E-state index contributed by atoms with van der Waals surface area (Å²) in [6, 6.07) is 9.63. The van der Waals surface area contributed by atoms with Crippen LogP contribution in [0.25, 0.3) is 0 Å². The van der Waals surface area contributed by atoms with Gasteiger partial charge in [0.2, 0.25) is 11.8 Å². The minimum atomic E-state index is -0.500. The van der Waals surface area contributed by atoms with Crippen LogP contribution in [0.5, 0.6) is 17.5 Å². The van der Waals surface area contributed by atoms with Crippen LogP contribution in [-0.2, 0) is 4.74 Å². The van der Waals surface area contributed by atoms with Crippen molar-refractivity contribution >= 4 is 29.1 Å². The van der Waals surface area contributed by atoms with E-state index in [0.29, 0.717) is 37.6 Å². The third kappa shape index (κ3) is 6.37. The number of thiocarbonyl (C=S) groups is 1. The van der Waals surface area contributed by atoms with Crippen molar-refractivity contribution in [3.05, 3.63) is 47.5 Å². The number of nitrogens with two attached hydrogens (primary N) is 1. The second-order valence-electron chi connectivity index (χ2n) is 7.05. The lowest BCUT2D eigenvalue weighted by atomic mass is 10.2. The van der Waals surface area contributed by atoms with Gasteiger partial charge in [-0.2, -0.15) is 4.98 Å². The number of ether oxygens (including phenoxy) is 3. The van der Waals surface area contributed by atoms with Gasteiger partial charge >= 0.3 is 0 Å². The molecule has 9 nitrogen and oxygen atoms in total. The highest BCUT2D eigenvalue weighted by Gasteiger charge is 2.19. The summed E-state index contributed by atoms with van der Waals surface area (Å²) in [5.41, 5.74) is 6.17. The molecule has 0 saturated carbocycles. The highest BCUT2D eigenvalue weighted by molar-refractivity contribution is 7.80. The highest BCUT2D eigenvalue weighted by atomic mass is 32.1. The van der Waals surface area contributed by atoms with Gasteiger partial charge in [-0.15, -0.1) is 0 Å². The zero-order chi connectivity index (χ0) is 22.4. The van der Waals surface area contributed by atoms with E-state index in [-0.39, 0.29) is 34.4 Å². The van der Waals surface area contributed by atoms with E-state index in [2.05, 4.69) is 10.3 Å². The van der Waals surface area contributed by atoms with E-state index >= 15 is 0 Å². The lowest BCUT2D eigenvalue weighted by Gasteiger charge is -2.26. The zero-order valence-corrected chi connectivity index (χ0v) is 18.1. The van der Waals surface area contributed by atoms with E-state index in [1.807, 2.05) is 13.8 Å². The fourth-order valence-electron chi connectivity index (χ4n) is 2.89. The van der Waals surface area contributed by atoms with E-state index < -0.39 is 5.91 Å². The van der Waals surface area contributed by atoms with E-state index in [1.165, 1.54) is 12.1 Å². The van der Waals surface area contributed by atoms with Crippen molar-refractivity contribution in [2.75, 3.05) is 26.3 Å². The number of nitrogens with zero attached hydrogens (tertiary/aromatic N) is 2. The Bertz CT molecular complexity index is 959. The number of carbonyl (C=O) groups excluding carboxylic acids is 2. The lowest BCUT2D eigenvalue weighted by molar-refractivity contribution is 0.0303. The molecule has 2 amide bonds. The van der Waals surface area contributed by atoms with Crippen LogP contribution in [0.4, 0.5) is 0 Å². The highest BCUT2D eigenvalue weighted by Crippen LogP contribution is 2.25. The number of hydrogen-bond donors (Lipinski definition) is 2. The number of carbonyl (C=O) groups is 2. The monoisotopic (exact) mass is 444 g/mol. The minimum Gasteiger partial charge on any atom is -0.475 e. The molecule has 0 unspecified atom stereocenters. The van der Waals surface area contributed by atoms with Crippen LogP contribution in [0, 0.1) is 0 Å². The first kappa shape index (κ1) is 22.4. The van der Waals surface area contributed by atoms with Crippen molar-refractivity contribution in [1.29, 1.82) is 0 Å². The second kappa shape index (κ2) is 10.2. The second-order valence-corrected chi connectivity index (χ2v) is 7.49. The summed E-state index contributed by atoms with van der Waals surface area (Å²) in [5.74, 6) is 0.267. The molecule has 2 heterocycles. The lowest BCUT2D eigenvalue weighted by Crippen LogP contribution is -2.40. The molecular weight excluding hydrogens is 420 g/mol. The third-order valence-corrected chi connectivity index (χ3v) is 4.36. The predicted molar refractivity (Wildman–Crippen MR) is 117 cm³/mol. The normalized spacial score (nSPS) is 13.6. The molecule has 3 rings (SSSR count). The Balaban J connectivity index is 1.77. The smallest absolute Gasteiger partial charge is 0.257 e. The number of rotatable bonds is 6. The van der Waals surface area contributed by atoms with Crippen molar-refractivity contribution in [2.45, 2.75) is 20.0 Å². The third-order valence-electron chi connectivity index (χ3n) is 4.26. The van der Waals surface area contributed by atoms with Crippen molar-refractivity contribution < 1.29 is 23.8 Å². The average molecular weight is 445 g/mol. The largest absolute Gasteiger partial charge is 0.475 e. The molecule has 0 atom stereocenters. The molecule has 1 saturated heterocycles. The summed E-state index contributed by atoms with van der Waals surface area (Å²) in [4.78, 5) is 30.9. The van der Waals surface area contributed by atoms with Gasteiger partial charge in [0, 0.05) is 30.8 Å². The van der Waals surface area contributed by atoms with Gasteiger partial charge in [0.15, 0.2) is 5.11 Å². The van der Waals surface area contributed by atoms with Crippen LogP contribution in [0.1, 0.15) is 34.6 Å². The Hall–Kier alpha value is -3.24. The molecule has 1 aromatic carbocycles. The molecule has 0 aliphatic carbocycles. The van der Waals surface area contributed by atoms with E-state index in [0.717, 1.165) is 0 Å². The number of amides is 2. The molecule has 10 heteroatoms. The Kier molecular flexibility index (Phi) is 7.37. The van der Waals surface area contributed by atoms with Crippen LogP contribution in [-0.4, -0.2) is 59.2 Å². The van der Waals surface area contributed by atoms with Gasteiger partial charge in [0.1, 0.15) is 5.75 Å². The van der Waals surface area contributed by atoms with Crippen LogP contribution < -0.4 is 20.5 Å². The van der Waals surface area contributed by atoms with Gasteiger partial charge in [-0.3, -0.25) is 14.9 Å². The summed E-state index contributed by atoms with van der Waals surface area (Å²) in [6.45, 7) is 5.90. The van der Waals surface area contributed by atoms with Gasteiger partial charge in [-0.05, 0) is 50.3 Å².